The summed E-state index contributed by atoms with van der Waals surface area (Å²) < 4.78 is 56.8. The highest BCUT2D eigenvalue weighted by Crippen LogP contribution is 2.47. The summed E-state index contributed by atoms with van der Waals surface area (Å²) in [4.78, 5) is 0.0374. The average molecular weight is 545 g/mol. The molecule has 7 atom stereocenters. The van der Waals surface area contributed by atoms with Crippen LogP contribution >= 0.6 is 0 Å². The number of sulfone groups is 1. The van der Waals surface area contributed by atoms with Crippen LogP contribution in [-0.4, -0.2) is 83.3 Å². The number of methoxy groups -OCH3 is 2. The number of fused-ring (bicyclic) bond motifs is 1. The van der Waals surface area contributed by atoms with Crippen LogP contribution in [0.3, 0.4) is 0 Å². The van der Waals surface area contributed by atoms with Crippen molar-refractivity contribution < 1.29 is 42.0 Å². The van der Waals surface area contributed by atoms with E-state index in [-0.39, 0.29) is 15.5 Å². The van der Waals surface area contributed by atoms with Crippen LogP contribution in [0.15, 0.2) is 46.2 Å². The number of hydrogen-bond donors (Lipinski definition) is 2. The van der Waals surface area contributed by atoms with Gasteiger partial charge < -0.3 is 33.6 Å². The van der Waals surface area contributed by atoms with Crippen molar-refractivity contribution in [3.63, 3.8) is 0 Å². The first-order valence-electron chi connectivity index (χ1n) is 11.9. The Morgan fingerprint density at radius 2 is 1.44 bits per heavy atom. The Bertz CT molecular complexity index is 1070. The molecule has 0 radical (unpaired) electrons. The highest BCUT2D eigenvalue weighted by atomic mass is 32.2. The van der Waals surface area contributed by atoms with E-state index in [1.54, 1.807) is 32.0 Å². The second-order valence-corrected chi connectivity index (χ2v) is 17.7. The van der Waals surface area contributed by atoms with Crippen molar-refractivity contribution in [3.05, 3.63) is 41.3 Å². The minimum Gasteiger partial charge on any atom is -0.408 e. The number of benzene rings is 1. The quantitative estimate of drug-likeness (QED) is 0.521. The number of hydrogen-bond acceptors (Lipinski definition) is 9. The molecular weight excluding hydrogens is 504 g/mol. The second-order valence-electron chi connectivity index (χ2n) is 11.2. The van der Waals surface area contributed by atoms with E-state index in [2.05, 4.69) is 20.8 Å². The number of rotatable bonds is 6. The molecule has 1 aromatic rings. The standard InChI is InChI=1S/C25H40O9SSi/c1-23(2,3)36(8,9)34-21-19(27)17(15-35(28,29)16-13-11-10-12-14-16)18(26)20-22(21)33-25(5,31-7)24(4,30-6)32-20/h10-15,18-22,26-27H,1-9H3/b17-15+/t18-,19+,20-,21-,22+,24+,25+/m1/s1. The minimum absolute atomic E-state index is 0.0374. The molecule has 1 saturated carbocycles. The van der Waals surface area contributed by atoms with Crippen LogP contribution in [0, 0.1) is 0 Å². The van der Waals surface area contributed by atoms with Crippen LogP contribution in [-0.2, 0) is 33.2 Å². The Labute approximate surface area is 215 Å². The van der Waals surface area contributed by atoms with E-state index in [9.17, 15) is 18.6 Å². The SMILES string of the molecule is CO[C@@]1(C)O[C@H]2[C@H](O[C@]1(C)OC)[C@H](O)/C(=C\S(=O)(=O)c1ccccc1)[C@H](O)[C@H]2O[Si](C)(C)C(C)(C)C. The van der Waals surface area contributed by atoms with Crippen LogP contribution in [0.5, 0.6) is 0 Å². The largest absolute Gasteiger partial charge is 0.408 e. The second kappa shape index (κ2) is 9.86. The first-order valence-corrected chi connectivity index (χ1v) is 16.4. The smallest absolute Gasteiger partial charge is 0.220 e. The molecule has 2 N–H and O–H groups in total. The maximum atomic E-state index is 13.2. The molecule has 36 heavy (non-hydrogen) atoms. The van der Waals surface area contributed by atoms with E-state index in [0.29, 0.717) is 0 Å². The first-order chi connectivity index (χ1) is 16.4. The zero-order chi connectivity index (χ0) is 27.3. The molecule has 204 valence electrons. The maximum absolute atomic E-state index is 13.2. The Balaban J connectivity index is 2.15. The molecule has 1 aliphatic carbocycles. The van der Waals surface area contributed by atoms with Gasteiger partial charge in [-0.05, 0) is 44.1 Å². The zero-order valence-electron chi connectivity index (χ0n) is 22.5. The van der Waals surface area contributed by atoms with Crippen LogP contribution in [0.25, 0.3) is 0 Å². The molecule has 0 spiro atoms. The Morgan fingerprint density at radius 3 is 1.92 bits per heavy atom. The monoisotopic (exact) mass is 544 g/mol. The van der Waals surface area contributed by atoms with Crippen molar-refractivity contribution >= 4 is 18.2 Å². The van der Waals surface area contributed by atoms with Crippen molar-refractivity contribution in [2.24, 2.45) is 0 Å². The van der Waals surface area contributed by atoms with Gasteiger partial charge in [0.05, 0.1) is 4.90 Å². The average Bonchev–Trinajstić information content (AvgIpc) is 2.80. The lowest BCUT2D eigenvalue weighted by molar-refractivity contribution is -0.462. The number of aliphatic hydroxyl groups is 2. The molecule has 0 unspecified atom stereocenters. The van der Waals surface area contributed by atoms with E-state index in [4.69, 9.17) is 23.4 Å². The number of ether oxygens (including phenoxy) is 4. The van der Waals surface area contributed by atoms with Crippen LogP contribution in [0.4, 0.5) is 0 Å². The molecule has 1 heterocycles. The van der Waals surface area contributed by atoms with Gasteiger partial charge in [-0.2, -0.15) is 0 Å². The third kappa shape index (κ3) is 5.10. The Hall–Kier alpha value is -1.15. The van der Waals surface area contributed by atoms with Crippen molar-refractivity contribution in [1.82, 2.24) is 0 Å². The summed E-state index contributed by atoms with van der Waals surface area (Å²) in [6.07, 6.45) is -6.11. The molecule has 1 aromatic carbocycles. The molecule has 2 fully saturated rings. The topological polar surface area (TPSA) is 121 Å². The molecule has 0 amide bonds. The van der Waals surface area contributed by atoms with Gasteiger partial charge >= 0.3 is 0 Å². The van der Waals surface area contributed by atoms with E-state index in [0.717, 1.165) is 5.41 Å². The van der Waals surface area contributed by atoms with E-state index < -0.39 is 60.2 Å². The summed E-state index contributed by atoms with van der Waals surface area (Å²) in [5.74, 6) is -2.86. The predicted molar refractivity (Wildman–Crippen MR) is 136 cm³/mol. The zero-order valence-corrected chi connectivity index (χ0v) is 24.3. The first kappa shape index (κ1) is 29.4. The summed E-state index contributed by atoms with van der Waals surface area (Å²) in [6.45, 7) is 13.4. The van der Waals surface area contributed by atoms with Gasteiger partial charge in [-0.1, -0.05) is 39.0 Å². The molecule has 1 aliphatic heterocycles. The third-order valence-corrected chi connectivity index (χ3v) is 13.9. The fraction of sp³-hybridized carbons (Fsp3) is 0.680. The Morgan fingerprint density at radius 1 is 0.944 bits per heavy atom. The molecule has 2 aliphatic rings. The Kier molecular flexibility index (Phi) is 8.06. The summed E-state index contributed by atoms with van der Waals surface area (Å²) in [7, 11) is -3.65. The molecule has 0 aromatic heterocycles. The minimum atomic E-state index is -4.00. The van der Waals surface area contributed by atoms with Crippen LogP contribution < -0.4 is 0 Å². The van der Waals surface area contributed by atoms with Crippen LogP contribution in [0.2, 0.25) is 18.1 Å². The van der Waals surface area contributed by atoms with Crippen molar-refractivity contribution in [2.45, 2.75) is 99.7 Å². The molecule has 9 nitrogen and oxygen atoms in total. The van der Waals surface area contributed by atoms with E-state index in [1.807, 2.05) is 13.1 Å². The summed E-state index contributed by atoms with van der Waals surface area (Å²) >= 11 is 0. The molecule has 11 heteroatoms. The summed E-state index contributed by atoms with van der Waals surface area (Å²) in [5.41, 5.74) is -0.133. The lowest BCUT2D eigenvalue weighted by Crippen LogP contribution is -2.73. The van der Waals surface area contributed by atoms with Gasteiger partial charge in [-0.15, -0.1) is 0 Å². The molecule has 3 rings (SSSR count). The van der Waals surface area contributed by atoms with Crippen molar-refractivity contribution in [1.29, 1.82) is 0 Å². The number of aliphatic hydroxyl groups excluding tert-OH is 2. The normalized spacial score (nSPS) is 37.1. The highest BCUT2D eigenvalue weighted by Gasteiger charge is 2.63. The summed E-state index contributed by atoms with van der Waals surface area (Å²) in [5, 5.41) is 23.5. The van der Waals surface area contributed by atoms with Crippen molar-refractivity contribution in [2.75, 3.05) is 14.2 Å². The maximum Gasteiger partial charge on any atom is 0.220 e. The fourth-order valence-electron chi connectivity index (χ4n) is 4.21. The van der Waals surface area contributed by atoms with Gasteiger partial charge in [0.25, 0.3) is 0 Å². The predicted octanol–water partition coefficient (Wildman–Crippen LogP) is 2.98. The third-order valence-electron chi connectivity index (χ3n) is 7.88. The molecular formula is C25H40O9SSi. The fourth-order valence-corrected chi connectivity index (χ4v) is 6.82. The van der Waals surface area contributed by atoms with Gasteiger partial charge in [-0.25, -0.2) is 8.42 Å². The molecule has 1 saturated heterocycles. The van der Waals surface area contributed by atoms with Crippen molar-refractivity contribution in [3.8, 4) is 0 Å². The van der Waals surface area contributed by atoms with Gasteiger partial charge in [0.15, 0.2) is 18.2 Å². The van der Waals surface area contributed by atoms with Crippen LogP contribution in [0.1, 0.15) is 34.6 Å². The van der Waals surface area contributed by atoms with Gasteiger partial charge in [0.1, 0.15) is 30.5 Å². The lowest BCUT2D eigenvalue weighted by Gasteiger charge is -2.57. The lowest BCUT2D eigenvalue weighted by atomic mass is 9.82. The molecule has 0 bridgehead atoms. The highest BCUT2D eigenvalue weighted by molar-refractivity contribution is 7.94. The van der Waals surface area contributed by atoms with Gasteiger partial charge in [-0.3, -0.25) is 0 Å². The van der Waals surface area contributed by atoms with Gasteiger partial charge in [0.2, 0.25) is 11.6 Å². The van der Waals surface area contributed by atoms with E-state index >= 15 is 0 Å². The summed E-state index contributed by atoms with van der Waals surface area (Å²) in [6, 6.07) is 7.81. The van der Waals surface area contributed by atoms with E-state index in [1.165, 1.54) is 26.4 Å². The van der Waals surface area contributed by atoms with Gasteiger partial charge in [0, 0.05) is 25.2 Å².